The van der Waals surface area contributed by atoms with Crippen molar-refractivity contribution < 1.29 is 9.13 Å². The van der Waals surface area contributed by atoms with Gasteiger partial charge in [0.2, 0.25) is 0 Å². The fraction of sp³-hybridized carbons (Fsp3) is 0.444. The summed E-state index contributed by atoms with van der Waals surface area (Å²) in [7, 11) is 0. The van der Waals surface area contributed by atoms with E-state index in [1.807, 2.05) is 0 Å². The minimum absolute atomic E-state index is 0.00583. The zero-order valence-electron chi connectivity index (χ0n) is 7.41. The van der Waals surface area contributed by atoms with Gasteiger partial charge < -0.3 is 10.5 Å². The molecule has 1 fully saturated rings. The number of pyridine rings is 1. The summed E-state index contributed by atoms with van der Waals surface area (Å²) in [6.45, 7) is 0. The first-order valence-corrected chi connectivity index (χ1v) is 4.76. The monoisotopic (exact) mass is 216 g/mol. The molecular weight excluding hydrogens is 207 g/mol. The molecule has 3 nitrogen and oxygen atoms in total. The van der Waals surface area contributed by atoms with Gasteiger partial charge in [-0.3, -0.25) is 0 Å². The largest absolute Gasteiger partial charge is 0.472 e. The first kappa shape index (κ1) is 9.68. The van der Waals surface area contributed by atoms with Crippen LogP contribution in [0, 0.1) is 5.82 Å². The molecule has 0 atom stereocenters. The Bertz CT molecular complexity index is 342. The summed E-state index contributed by atoms with van der Waals surface area (Å²) in [6, 6.07) is 1.36. The van der Waals surface area contributed by atoms with Crippen LogP contribution in [0.1, 0.15) is 12.8 Å². The molecule has 0 radical (unpaired) electrons. The lowest BCUT2D eigenvalue weighted by atomic mass is 9.90. The molecule has 76 valence electrons. The van der Waals surface area contributed by atoms with Crippen molar-refractivity contribution in [2.75, 3.05) is 0 Å². The Morgan fingerprint density at radius 1 is 1.57 bits per heavy atom. The third-order valence-corrected chi connectivity index (χ3v) is 2.39. The Balaban J connectivity index is 2.02. The van der Waals surface area contributed by atoms with E-state index in [4.69, 9.17) is 22.1 Å². The maximum absolute atomic E-state index is 13.2. The van der Waals surface area contributed by atoms with Crippen LogP contribution >= 0.6 is 11.6 Å². The average Bonchev–Trinajstić information content (AvgIpc) is 2.06. The molecular formula is C9H10ClFN2O. The molecule has 1 aromatic heterocycles. The summed E-state index contributed by atoms with van der Waals surface area (Å²) >= 11 is 5.55. The predicted molar refractivity (Wildman–Crippen MR) is 50.8 cm³/mol. The highest BCUT2D eigenvalue weighted by atomic mass is 35.5. The normalized spacial score (nSPS) is 25.6. The predicted octanol–water partition coefficient (Wildman–Crippen LogP) is 1.74. The van der Waals surface area contributed by atoms with Gasteiger partial charge in [-0.2, -0.15) is 0 Å². The Labute approximate surface area is 86.0 Å². The summed E-state index contributed by atoms with van der Waals surface area (Å²) < 4.78 is 18.4. The van der Waals surface area contributed by atoms with Crippen molar-refractivity contribution in [2.45, 2.75) is 25.0 Å². The molecule has 0 saturated heterocycles. The van der Waals surface area contributed by atoms with Crippen molar-refractivity contribution in [1.82, 2.24) is 4.98 Å². The van der Waals surface area contributed by atoms with Crippen LogP contribution in [0.15, 0.2) is 12.3 Å². The van der Waals surface area contributed by atoms with E-state index in [0.29, 0.717) is 0 Å². The van der Waals surface area contributed by atoms with Crippen LogP contribution in [0.5, 0.6) is 5.88 Å². The Hall–Kier alpha value is -0.870. The summed E-state index contributed by atoms with van der Waals surface area (Å²) in [5, 5.41) is 0.264. The second kappa shape index (κ2) is 3.71. The minimum Gasteiger partial charge on any atom is -0.472 e. The zero-order chi connectivity index (χ0) is 10.1. The van der Waals surface area contributed by atoms with Gasteiger partial charge in [-0.05, 0) is 18.9 Å². The van der Waals surface area contributed by atoms with Crippen LogP contribution in [0.3, 0.4) is 0 Å². The van der Waals surface area contributed by atoms with E-state index in [-0.39, 0.29) is 23.0 Å². The first-order valence-electron chi connectivity index (χ1n) is 4.38. The van der Waals surface area contributed by atoms with Crippen LogP contribution < -0.4 is 10.5 Å². The van der Waals surface area contributed by atoms with Crippen LogP contribution in [0.2, 0.25) is 5.02 Å². The maximum atomic E-state index is 13.2. The van der Waals surface area contributed by atoms with Crippen molar-refractivity contribution in [3.05, 3.63) is 23.1 Å². The molecule has 1 saturated carbocycles. The van der Waals surface area contributed by atoms with Crippen molar-refractivity contribution in [3.8, 4) is 5.88 Å². The van der Waals surface area contributed by atoms with E-state index in [0.717, 1.165) is 12.8 Å². The summed E-state index contributed by atoms with van der Waals surface area (Å²) in [4.78, 5) is 3.75. The summed E-state index contributed by atoms with van der Waals surface area (Å²) in [6.07, 6.45) is 2.86. The number of hydrogen-bond acceptors (Lipinski definition) is 3. The molecule has 0 amide bonds. The second-order valence-electron chi connectivity index (χ2n) is 3.41. The van der Waals surface area contributed by atoms with Crippen LogP contribution in [0.25, 0.3) is 0 Å². The van der Waals surface area contributed by atoms with Crippen molar-refractivity contribution in [2.24, 2.45) is 5.73 Å². The van der Waals surface area contributed by atoms with Crippen molar-refractivity contribution >= 4 is 11.6 Å². The molecule has 1 aliphatic rings. The topological polar surface area (TPSA) is 48.1 Å². The highest BCUT2D eigenvalue weighted by Crippen LogP contribution is 2.25. The van der Waals surface area contributed by atoms with Gasteiger partial charge in [-0.15, -0.1) is 0 Å². The van der Waals surface area contributed by atoms with E-state index in [2.05, 4.69) is 4.98 Å². The summed E-state index contributed by atoms with van der Waals surface area (Å²) in [5.41, 5.74) is 5.57. The average molecular weight is 217 g/mol. The highest BCUT2D eigenvalue weighted by molar-refractivity contribution is 6.30. The highest BCUT2D eigenvalue weighted by Gasteiger charge is 2.28. The molecule has 0 aliphatic heterocycles. The number of nitrogens with zero attached hydrogens (tertiary/aromatic N) is 1. The lowest BCUT2D eigenvalue weighted by Crippen LogP contribution is -2.43. The lowest BCUT2D eigenvalue weighted by Gasteiger charge is -2.32. The number of nitrogens with two attached hydrogens (primary N) is 1. The van der Waals surface area contributed by atoms with E-state index < -0.39 is 5.82 Å². The van der Waals surface area contributed by atoms with Crippen LogP contribution in [-0.2, 0) is 0 Å². The van der Waals surface area contributed by atoms with E-state index in [1.165, 1.54) is 12.3 Å². The van der Waals surface area contributed by atoms with Gasteiger partial charge in [0.1, 0.15) is 6.10 Å². The fourth-order valence-electron chi connectivity index (χ4n) is 1.35. The molecule has 1 aromatic rings. The molecule has 5 heteroatoms. The molecule has 0 aromatic carbocycles. The van der Waals surface area contributed by atoms with Gasteiger partial charge in [0.05, 0.1) is 5.02 Å². The first-order chi connectivity index (χ1) is 6.65. The molecule has 0 bridgehead atoms. The van der Waals surface area contributed by atoms with Gasteiger partial charge >= 0.3 is 0 Å². The van der Waals surface area contributed by atoms with Crippen LogP contribution in [-0.4, -0.2) is 17.1 Å². The lowest BCUT2D eigenvalue weighted by molar-refractivity contribution is 0.0909. The molecule has 0 unspecified atom stereocenters. The zero-order valence-corrected chi connectivity index (χ0v) is 8.17. The summed E-state index contributed by atoms with van der Waals surface area (Å²) in [5.74, 6) is -0.524. The van der Waals surface area contributed by atoms with Gasteiger partial charge in [0.25, 0.3) is 5.88 Å². The molecule has 2 N–H and O–H groups in total. The third-order valence-electron chi connectivity index (χ3n) is 2.18. The molecule has 14 heavy (non-hydrogen) atoms. The molecule has 1 aliphatic carbocycles. The molecule has 0 spiro atoms. The number of ether oxygens (including phenoxy) is 1. The minimum atomic E-state index is -0.530. The second-order valence-corrected chi connectivity index (χ2v) is 3.85. The molecule has 1 heterocycles. The van der Waals surface area contributed by atoms with Crippen LogP contribution in [0.4, 0.5) is 4.39 Å². The number of rotatable bonds is 2. The maximum Gasteiger partial charge on any atom is 0.250 e. The Morgan fingerprint density at radius 2 is 2.29 bits per heavy atom. The number of halogens is 2. The Morgan fingerprint density at radius 3 is 2.86 bits per heavy atom. The van der Waals surface area contributed by atoms with Crippen molar-refractivity contribution in [3.63, 3.8) is 0 Å². The molecule has 2 rings (SSSR count). The van der Waals surface area contributed by atoms with E-state index in [1.54, 1.807) is 0 Å². The number of hydrogen-bond donors (Lipinski definition) is 1. The quantitative estimate of drug-likeness (QED) is 0.819. The fourth-order valence-corrected chi connectivity index (χ4v) is 1.49. The van der Waals surface area contributed by atoms with E-state index >= 15 is 0 Å². The van der Waals surface area contributed by atoms with Gasteiger partial charge in [0.15, 0.2) is 5.82 Å². The smallest absolute Gasteiger partial charge is 0.250 e. The van der Waals surface area contributed by atoms with E-state index in [9.17, 15) is 4.39 Å². The third kappa shape index (κ3) is 1.96. The van der Waals surface area contributed by atoms with Gasteiger partial charge in [0, 0.05) is 12.2 Å². The standard InChI is InChI=1S/C9H10ClFN2O/c10-5-1-8(11)9(13-4-5)14-7-2-6(12)3-7/h1,4,6-7H,2-3,12H2. The number of aromatic nitrogens is 1. The van der Waals surface area contributed by atoms with Crippen molar-refractivity contribution in [1.29, 1.82) is 0 Å². The van der Waals surface area contributed by atoms with Gasteiger partial charge in [-0.1, -0.05) is 11.6 Å². The Kier molecular flexibility index (Phi) is 2.56. The SMILES string of the molecule is NC1CC(Oc2ncc(Cl)cc2F)C1. The van der Waals surface area contributed by atoms with Gasteiger partial charge in [-0.25, -0.2) is 9.37 Å².